The first-order valence-corrected chi connectivity index (χ1v) is 7.79. The molecule has 0 saturated carbocycles. The Balaban J connectivity index is 1.57. The second-order valence-electron chi connectivity index (χ2n) is 5.64. The minimum absolute atomic E-state index is 0.0829. The maximum atomic E-state index is 12.5. The molecule has 0 saturated heterocycles. The zero-order chi connectivity index (χ0) is 18.1. The Morgan fingerprint density at radius 1 is 0.923 bits per heavy atom. The molecule has 8 nitrogen and oxygen atoms in total. The van der Waals surface area contributed by atoms with E-state index < -0.39 is 11.8 Å². The minimum Gasteiger partial charge on any atom is -0.304 e. The number of nitrogens with zero attached hydrogens (tertiary/aromatic N) is 3. The van der Waals surface area contributed by atoms with Crippen LogP contribution in [-0.2, 0) is 11.2 Å². The summed E-state index contributed by atoms with van der Waals surface area (Å²) in [5.41, 5.74) is 1.34. The van der Waals surface area contributed by atoms with Gasteiger partial charge in [0.15, 0.2) is 0 Å². The Morgan fingerprint density at radius 3 is 2.19 bits per heavy atom. The van der Waals surface area contributed by atoms with Crippen molar-refractivity contribution in [2.45, 2.75) is 6.42 Å². The van der Waals surface area contributed by atoms with Crippen LogP contribution in [0.1, 0.15) is 26.3 Å². The number of hydrogen-bond acceptors (Lipinski definition) is 6. The SMILES string of the molecule is O=C(Cc1ccccc1)Nc1nonc1N1C(=O)c2ccccc2C1=O. The summed E-state index contributed by atoms with van der Waals surface area (Å²) in [7, 11) is 0. The number of carbonyl (C=O) groups is 3. The molecule has 8 heteroatoms. The number of amides is 3. The summed E-state index contributed by atoms with van der Waals surface area (Å²) in [6.45, 7) is 0. The summed E-state index contributed by atoms with van der Waals surface area (Å²) in [6, 6.07) is 15.6. The van der Waals surface area contributed by atoms with E-state index in [0.29, 0.717) is 0 Å². The largest absolute Gasteiger partial charge is 0.304 e. The van der Waals surface area contributed by atoms with Gasteiger partial charge < -0.3 is 5.32 Å². The number of rotatable bonds is 4. The van der Waals surface area contributed by atoms with Crippen LogP contribution in [0.3, 0.4) is 0 Å². The highest BCUT2D eigenvalue weighted by atomic mass is 16.6. The minimum atomic E-state index is -0.542. The lowest BCUT2D eigenvalue weighted by molar-refractivity contribution is -0.115. The average Bonchev–Trinajstić information content (AvgIpc) is 3.19. The third kappa shape index (κ3) is 2.63. The van der Waals surface area contributed by atoms with E-state index >= 15 is 0 Å². The molecule has 2 heterocycles. The third-order valence-electron chi connectivity index (χ3n) is 3.94. The molecule has 4 rings (SSSR count). The van der Waals surface area contributed by atoms with Crippen molar-refractivity contribution in [2.24, 2.45) is 0 Å². The zero-order valence-corrected chi connectivity index (χ0v) is 13.4. The fourth-order valence-electron chi connectivity index (χ4n) is 2.75. The number of imide groups is 1. The van der Waals surface area contributed by atoms with Gasteiger partial charge in [-0.2, -0.15) is 0 Å². The highest BCUT2D eigenvalue weighted by Gasteiger charge is 2.40. The molecule has 0 bridgehead atoms. The first-order valence-electron chi connectivity index (χ1n) is 7.79. The third-order valence-corrected chi connectivity index (χ3v) is 3.94. The van der Waals surface area contributed by atoms with Crippen LogP contribution in [-0.4, -0.2) is 28.0 Å². The van der Waals surface area contributed by atoms with Crippen molar-refractivity contribution in [3.63, 3.8) is 0 Å². The molecule has 3 aromatic rings. The van der Waals surface area contributed by atoms with Gasteiger partial charge in [0.2, 0.25) is 17.5 Å². The highest BCUT2D eigenvalue weighted by molar-refractivity contribution is 6.34. The molecule has 0 atom stereocenters. The van der Waals surface area contributed by atoms with Gasteiger partial charge in [-0.25, -0.2) is 9.53 Å². The number of aromatic nitrogens is 2. The molecule has 1 aliphatic heterocycles. The molecule has 3 amide bonds. The first kappa shape index (κ1) is 15.7. The van der Waals surface area contributed by atoms with Crippen LogP contribution in [0.4, 0.5) is 11.6 Å². The van der Waals surface area contributed by atoms with Crippen molar-refractivity contribution in [1.29, 1.82) is 0 Å². The molecule has 1 aliphatic rings. The van der Waals surface area contributed by atoms with Crippen molar-refractivity contribution < 1.29 is 19.0 Å². The van der Waals surface area contributed by atoms with Gasteiger partial charge >= 0.3 is 0 Å². The topological polar surface area (TPSA) is 105 Å². The first-order chi connectivity index (χ1) is 12.6. The predicted molar refractivity (Wildman–Crippen MR) is 90.7 cm³/mol. The summed E-state index contributed by atoms with van der Waals surface area (Å²) in [6.07, 6.45) is 0.106. The number of anilines is 2. The predicted octanol–water partition coefficient (Wildman–Crippen LogP) is 2.05. The van der Waals surface area contributed by atoms with Gasteiger partial charge in [0.05, 0.1) is 17.5 Å². The van der Waals surface area contributed by atoms with Crippen molar-refractivity contribution in [1.82, 2.24) is 10.3 Å². The average molecular weight is 348 g/mol. The molecular formula is C18H12N4O4. The van der Waals surface area contributed by atoms with Gasteiger partial charge in [0, 0.05) is 0 Å². The van der Waals surface area contributed by atoms with E-state index in [1.807, 2.05) is 30.3 Å². The standard InChI is InChI=1S/C18H12N4O4/c23-14(10-11-6-2-1-3-7-11)19-15-16(21-26-20-15)22-17(24)12-8-4-5-9-13(12)18(22)25/h1-9H,10H2,(H,19,20,23). The Bertz CT molecular complexity index is 978. The monoisotopic (exact) mass is 348 g/mol. The molecular weight excluding hydrogens is 336 g/mol. The summed E-state index contributed by atoms with van der Waals surface area (Å²) in [5.74, 6) is -1.68. The highest BCUT2D eigenvalue weighted by Crippen LogP contribution is 2.30. The van der Waals surface area contributed by atoms with Gasteiger partial charge in [0.1, 0.15) is 0 Å². The Kier molecular flexibility index (Phi) is 3.77. The Labute approximate surface area is 147 Å². The molecule has 0 radical (unpaired) electrons. The van der Waals surface area contributed by atoms with Crippen molar-refractivity contribution in [3.05, 3.63) is 71.3 Å². The van der Waals surface area contributed by atoms with E-state index in [1.165, 1.54) is 0 Å². The van der Waals surface area contributed by atoms with Crippen LogP contribution >= 0.6 is 0 Å². The van der Waals surface area contributed by atoms with E-state index in [-0.39, 0.29) is 35.1 Å². The number of carbonyl (C=O) groups excluding carboxylic acids is 3. The van der Waals surface area contributed by atoms with Crippen LogP contribution in [0.2, 0.25) is 0 Å². The summed E-state index contributed by atoms with van der Waals surface area (Å²) in [5, 5.41) is 9.77. The zero-order valence-electron chi connectivity index (χ0n) is 13.4. The van der Waals surface area contributed by atoms with Crippen LogP contribution in [0.5, 0.6) is 0 Å². The molecule has 2 aromatic carbocycles. The smallest absolute Gasteiger partial charge is 0.267 e. The van der Waals surface area contributed by atoms with E-state index in [0.717, 1.165) is 10.5 Å². The van der Waals surface area contributed by atoms with Crippen LogP contribution in [0.25, 0.3) is 0 Å². The molecule has 0 aliphatic carbocycles. The van der Waals surface area contributed by atoms with Gasteiger partial charge in [-0.3, -0.25) is 14.4 Å². The number of hydrogen-bond donors (Lipinski definition) is 1. The molecule has 1 N–H and O–H groups in total. The van der Waals surface area contributed by atoms with Gasteiger partial charge in [-0.05, 0) is 28.0 Å². The van der Waals surface area contributed by atoms with Gasteiger partial charge in [-0.1, -0.05) is 42.5 Å². The fourth-order valence-corrected chi connectivity index (χ4v) is 2.75. The quantitative estimate of drug-likeness (QED) is 0.724. The molecule has 0 unspecified atom stereocenters. The molecule has 26 heavy (non-hydrogen) atoms. The number of fused-ring (bicyclic) bond motifs is 1. The second kappa shape index (κ2) is 6.25. The Morgan fingerprint density at radius 2 is 1.54 bits per heavy atom. The maximum Gasteiger partial charge on any atom is 0.267 e. The summed E-state index contributed by atoms with van der Waals surface area (Å²) < 4.78 is 4.64. The molecule has 0 fully saturated rings. The van der Waals surface area contributed by atoms with Crippen LogP contribution in [0.15, 0.2) is 59.2 Å². The summed E-state index contributed by atoms with van der Waals surface area (Å²) in [4.78, 5) is 38.1. The van der Waals surface area contributed by atoms with Crippen molar-refractivity contribution in [3.8, 4) is 0 Å². The Hall–Kier alpha value is -3.81. The van der Waals surface area contributed by atoms with Crippen LogP contribution < -0.4 is 10.2 Å². The number of benzene rings is 2. The van der Waals surface area contributed by atoms with E-state index in [9.17, 15) is 14.4 Å². The lowest BCUT2D eigenvalue weighted by Crippen LogP contribution is -2.31. The lowest BCUT2D eigenvalue weighted by atomic mass is 10.1. The van der Waals surface area contributed by atoms with E-state index in [2.05, 4.69) is 20.3 Å². The lowest BCUT2D eigenvalue weighted by Gasteiger charge is -2.11. The normalized spacial score (nSPS) is 13.0. The van der Waals surface area contributed by atoms with E-state index in [4.69, 9.17) is 0 Å². The summed E-state index contributed by atoms with van der Waals surface area (Å²) >= 11 is 0. The van der Waals surface area contributed by atoms with Gasteiger partial charge in [0.25, 0.3) is 11.8 Å². The van der Waals surface area contributed by atoms with Crippen molar-refractivity contribution in [2.75, 3.05) is 10.2 Å². The van der Waals surface area contributed by atoms with E-state index in [1.54, 1.807) is 24.3 Å². The molecule has 1 aromatic heterocycles. The number of nitrogens with one attached hydrogen (secondary N) is 1. The molecule has 128 valence electrons. The fraction of sp³-hybridized carbons (Fsp3) is 0.0556. The van der Waals surface area contributed by atoms with Crippen LogP contribution in [0, 0.1) is 0 Å². The maximum absolute atomic E-state index is 12.5. The molecule has 0 spiro atoms. The van der Waals surface area contributed by atoms with Gasteiger partial charge in [-0.15, -0.1) is 0 Å². The van der Waals surface area contributed by atoms with Crippen molar-refractivity contribution >= 4 is 29.4 Å². The second-order valence-corrected chi connectivity index (χ2v) is 5.64.